The lowest BCUT2D eigenvalue weighted by Gasteiger charge is -2.14. The Bertz CT molecular complexity index is 643. The molecule has 0 aliphatic carbocycles. The van der Waals surface area contributed by atoms with Gasteiger partial charge in [-0.05, 0) is 30.7 Å². The third kappa shape index (κ3) is 3.32. The zero-order valence-corrected chi connectivity index (χ0v) is 13.6. The Kier molecular flexibility index (Phi) is 4.34. The molecule has 4 heteroatoms. The Hall–Kier alpha value is -1.68. The van der Waals surface area contributed by atoms with Gasteiger partial charge >= 0.3 is 0 Å². The van der Waals surface area contributed by atoms with Crippen molar-refractivity contribution in [3.8, 4) is 11.5 Å². The van der Waals surface area contributed by atoms with Crippen LogP contribution in [0.5, 0.6) is 11.5 Å². The third-order valence-corrected chi connectivity index (χ3v) is 4.36. The van der Waals surface area contributed by atoms with Crippen LogP contribution >= 0.6 is 15.9 Å². The van der Waals surface area contributed by atoms with Crippen molar-refractivity contribution in [2.75, 3.05) is 18.5 Å². The summed E-state index contributed by atoms with van der Waals surface area (Å²) in [5.41, 5.74) is 3.43. The van der Waals surface area contributed by atoms with E-state index in [9.17, 15) is 0 Å². The molecule has 21 heavy (non-hydrogen) atoms. The van der Waals surface area contributed by atoms with Gasteiger partial charge in [0, 0.05) is 28.7 Å². The molecule has 1 N–H and O–H groups in total. The quantitative estimate of drug-likeness (QED) is 0.884. The molecule has 3 nitrogen and oxygen atoms in total. The molecule has 0 amide bonds. The average molecular weight is 348 g/mol. The SMILES string of the molecule is Cc1ccc(NCc2cccc3c2OCCCO3)cc1Br. The van der Waals surface area contributed by atoms with Gasteiger partial charge in [-0.25, -0.2) is 0 Å². The molecule has 2 aromatic carbocycles. The maximum Gasteiger partial charge on any atom is 0.166 e. The highest BCUT2D eigenvalue weighted by Gasteiger charge is 2.14. The second-order valence-corrected chi connectivity index (χ2v) is 5.97. The summed E-state index contributed by atoms with van der Waals surface area (Å²) < 4.78 is 12.7. The van der Waals surface area contributed by atoms with Gasteiger partial charge in [0.2, 0.25) is 0 Å². The van der Waals surface area contributed by atoms with Crippen molar-refractivity contribution < 1.29 is 9.47 Å². The molecule has 0 atom stereocenters. The summed E-state index contributed by atoms with van der Waals surface area (Å²) in [5.74, 6) is 1.71. The molecule has 0 unspecified atom stereocenters. The van der Waals surface area contributed by atoms with E-state index >= 15 is 0 Å². The number of fused-ring (bicyclic) bond motifs is 1. The van der Waals surface area contributed by atoms with E-state index in [-0.39, 0.29) is 0 Å². The van der Waals surface area contributed by atoms with Gasteiger partial charge in [0.25, 0.3) is 0 Å². The number of ether oxygens (including phenoxy) is 2. The van der Waals surface area contributed by atoms with Gasteiger partial charge in [-0.3, -0.25) is 0 Å². The van der Waals surface area contributed by atoms with Crippen LogP contribution in [0.4, 0.5) is 5.69 Å². The first-order valence-electron chi connectivity index (χ1n) is 7.11. The minimum absolute atomic E-state index is 0.708. The number of hydrogen-bond donors (Lipinski definition) is 1. The number of benzene rings is 2. The Balaban J connectivity index is 1.77. The van der Waals surface area contributed by atoms with E-state index in [0.717, 1.165) is 40.3 Å². The Morgan fingerprint density at radius 1 is 1.14 bits per heavy atom. The number of para-hydroxylation sites is 1. The lowest BCUT2D eigenvalue weighted by Crippen LogP contribution is -2.03. The molecule has 0 aromatic heterocycles. The van der Waals surface area contributed by atoms with Crippen molar-refractivity contribution in [1.29, 1.82) is 0 Å². The van der Waals surface area contributed by atoms with Crippen molar-refractivity contribution in [2.45, 2.75) is 19.9 Å². The zero-order valence-electron chi connectivity index (χ0n) is 12.0. The van der Waals surface area contributed by atoms with Gasteiger partial charge in [-0.15, -0.1) is 0 Å². The van der Waals surface area contributed by atoms with Crippen LogP contribution in [-0.2, 0) is 6.54 Å². The molecule has 110 valence electrons. The first-order valence-corrected chi connectivity index (χ1v) is 7.91. The zero-order chi connectivity index (χ0) is 14.7. The van der Waals surface area contributed by atoms with E-state index in [2.05, 4.69) is 52.4 Å². The van der Waals surface area contributed by atoms with Crippen LogP contribution in [0, 0.1) is 6.92 Å². The lowest BCUT2D eigenvalue weighted by atomic mass is 10.1. The molecule has 0 radical (unpaired) electrons. The average Bonchev–Trinajstić information content (AvgIpc) is 2.74. The summed E-state index contributed by atoms with van der Waals surface area (Å²) in [4.78, 5) is 0. The monoisotopic (exact) mass is 347 g/mol. The molecule has 0 spiro atoms. The van der Waals surface area contributed by atoms with Gasteiger partial charge in [-0.1, -0.05) is 34.1 Å². The number of rotatable bonds is 3. The predicted octanol–water partition coefficient (Wildman–Crippen LogP) is 4.53. The molecular formula is C17H18BrNO2. The van der Waals surface area contributed by atoms with Crippen LogP contribution in [0.15, 0.2) is 40.9 Å². The largest absolute Gasteiger partial charge is 0.490 e. The Labute approximate surface area is 133 Å². The maximum absolute atomic E-state index is 5.84. The fraction of sp³-hybridized carbons (Fsp3) is 0.294. The van der Waals surface area contributed by atoms with E-state index in [4.69, 9.17) is 9.47 Å². The standard InChI is InChI=1S/C17H18BrNO2/c1-12-6-7-14(10-15(12)18)19-11-13-4-2-5-16-17(13)21-9-3-8-20-16/h2,4-7,10,19H,3,8-9,11H2,1H3. The molecule has 3 rings (SSSR count). The summed E-state index contributed by atoms with van der Waals surface area (Å²) >= 11 is 3.56. The predicted molar refractivity (Wildman–Crippen MR) is 88.3 cm³/mol. The first kappa shape index (κ1) is 14.3. The highest BCUT2D eigenvalue weighted by atomic mass is 79.9. The van der Waals surface area contributed by atoms with E-state index in [1.165, 1.54) is 5.56 Å². The molecule has 0 saturated heterocycles. The van der Waals surface area contributed by atoms with Crippen molar-refractivity contribution in [1.82, 2.24) is 0 Å². The van der Waals surface area contributed by atoms with Gasteiger partial charge in [0.05, 0.1) is 13.2 Å². The van der Waals surface area contributed by atoms with E-state index < -0.39 is 0 Å². The van der Waals surface area contributed by atoms with Crippen LogP contribution in [0.3, 0.4) is 0 Å². The topological polar surface area (TPSA) is 30.5 Å². The van der Waals surface area contributed by atoms with Crippen molar-refractivity contribution in [2.24, 2.45) is 0 Å². The van der Waals surface area contributed by atoms with E-state index in [1.54, 1.807) is 0 Å². The van der Waals surface area contributed by atoms with Crippen LogP contribution in [0.2, 0.25) is 0 Å². The molecule has 0 saturated carbocycles. The van der Waals surface area contributed by atoms with Gasteiger partial charge in [0.15, 0.2) is 11.5 Å². The number of anilines is 1. The summed E-state index contributed by atoms with van der Waals surface area (Å²) in [5, 5.41) is 3.43. The normalized spacial score (nSPS) is 13.6. The summed E-state index contributed by atoms with van der Waals surface area (Å²) in [6.45, 7) is 4.22. The molecule has 2 aromatic rings. The van der Waals surface area contributed by atoms with E-state index in [1.807, 2.05) is 12.1 Å². The van der Waals surface area contributed by atoms with Crippen LogP contribution in [0.1, 0.15) is 17.5 Å². The Morgan fingerprint density at radius 2 is 2.00 bits per heavy atom. The number of hydrogen-bond acceptors (Lipinski definition) is 3. The van der Waals surface area contributed by atoms with Crippen LogP contribution in [0.25, 0.3) is 0 Å². The molecule has 1 heterocycles. The highest BCUT2D eigenvalue weighted by Crippen LogP contribution is 2.33. The summed E-state index contributed by atoms with van der Waals surface area (Å²) in [6, 6.07) is 12.3. The Morgan fingerprint density at radius 3 is 2.86 bits per heavy atom. The molecule has 0 fully saturated rings. The second kappa shape index (κ2) is 6.39. The molecule has 1 aliphatic heterocycles. The fourth-order valence-corrected chi connectivity index (χ4v) is 2.67. The summed E-state index contributed by atoms with van der Waals surface area (Å²) in [6.07, 6.45) is 0.923. The summed E-state index contributed by atoms with van der Waals surface area (Å²) in [7, 11) is 0. The highest BCUT2D eigenvalue weighted by molar-refractivity contribution is 9.10. The lowest BCUT2D eigenvalue weighted by molar-refractivity contribution is 0.296. The second-order valence-electron chi connectivity index (χ2n) is 5.11. The van der Waals surface area contributed by atoms with Gasteiger partial charge in [0.1, 0.15) is 0 Å². The minimum atomic E-state index is 0.708. The van der Waals surface area contributed by atoms with Crippen LogP contribution in [-0.4, -0.2) is 13.2 Å². The van der Waals surface area contributed by atoms with Crippen molar-refractivity contribution in [3.63, 3.8) is 0 Å². The number of nitrogens with one attached hydrogen (secondary N) is 1. The van der Waals surface area contributed by atoms with Gasteiger partial charge < -0.3 is 14.8 Å². The fourth-order valence-electron chi connectivity index (χ4n) is 2.29. The minimum Gasteiger partial charge on any atom is -0.490 e. The molecular weight excluding hydrogens is 330 g/mol. The van der Waals surface area contributed by atoms with E-state index in [0.29, 0.717) is 13.2 Å². The number of halogens is 1. The van der Waals surface area contributed by atoms with Crippen molar-refractivity contribution in [3.05, 3.63) is 52.0 Å². The van der Waals surface area contributed by atoms with Gasteiger partial charge in [-0.2, -0.15) is 0 Å². The maximum atomic E-state index is 5.84. The molecule has 1 aliphatic rings. The first-order chi connectivity index (χ1) is 10.2. The number of aryl methyl sites for hydroxylation is 1. The smallest absolute Gasteiger partial charge is 0.166 e. The van der Waals surface area contributed by atoms with Crippen LogP contribution < -0.4 is 14.8 Å². The third-order valence-electron chi connectivity index (χ3n) is 3.51. The van der Waals surface area contributed by atoms with Crippen molar-refractivity contribution >= 4 is 21.6 Å². The molecule has 0 bridgehead atoms.